The van der Waals surface area contributed by atoms with Crippen LogP contribution in [0.4, 0.5) is 0 Å². The molecule has 2 saturated heterocycles. The number of benzene rings is 1. The second-order valence-corrected chi connectivity index (χ2v) is 8.51. The highest BCUT2D eigenvalue weighted by Gasteiger charge is 2.36. The van der Waals surface area contributed by atoms with Gasteiger partial charge in [-0.1, -0.05) is 0 Å². The van der Waals surface area contributed by atoms with Crippen LogP contribution in [-0.2, 0) is 29.1 Å². The SMILES string of the molecule is COc1ccc(S(=O)(=O)N2CCC(C(=O)O[C@H]3CCOC3=O)CC2)cc1OC. The van der Waals surface area contributed by atoms with Crippen molar-refractivity contribution in [1.82, 2.24) is 4.31 Å². The van der Waals surface area contributed by atoms with Crippen molar-refractivity contribution in [1.29, 1.82) is 0 Å². The predicted molar refractivity (Wildman–Crippen MR) is 96.5 cm³/mol. The minimum Gasteiger partial charge on any atom is -0.493 e. The van der Waals surface area contributed by atoms with Crippen molar-refractivity contribution in [3.8, 4) is 11.5 Å². The second kappa shape index (κ2) is 8.36. The molecule has 3 rings (SSSR count). The van der Waals surface area contributed by atoms with Gasteiger partial charge in [-0.3, -0.25) is 4.79 Å². The Labute approximate surface area is 163 Å². The van der Waals surface area contributed by atoms with Crippen molar-refractivity contribution < 1.29 is 37.0 Å². The van der Waals surface area contributed by atoms with Gasteiger partial charge >= 0.3 is 11.9 Å². The first-order chi connectivity index (χ1) is 13.4. The van der Waals surface area contributed by atoms with Crippen LogP contribution in [-0.4, -0.2) is 64.7 Å². The number of cyclic esters (lactones) is 1. The summed E-state index contributed by atoms with van der Waals surface area (Å²) in [7, 11) is -0.819. The molecule has 154 valence electrons. The Morgan fingerprint density at radius 1 is 1.11 bits per heavy atom. The molecule has 2 aliphatic heterocycles. The van der Waals surface area contributed by atoms with Gasteiger partial charge in [0.2, 0.25) is 16.1 Å². The number of sulfonamides is 1. The molecule has 1 aromatic rings. The molecule has 0 N–H and O–H groups in total. The van der Waals surface area contributed by atoms with E-state index in [0.29, 0.717) is 30.8 Å². The standard InChI is InChI=1S/C18H23NO8S/c1-24-14-4-3-13(11-16(14)25-2)28(22,23)19-8-5-12(6-9-19)17(20)27-15-7-10-26-18(15)21/h3-4,11-12,15H,5-10H2,1-2H3/t15-/m0/s1. The molecule has 0 bridgehead atoms. The summed E-state index contributed by atoms with van der Waals surface area (Å²) in [5, 5.41) is 0. The largest absolute Gasteiger partial charge is 0.493 e. The molecule has 0 saturated carbocycles. The topological polar surface area (TPSA) is 108 Å². The smallest absolute Gasteiger partial charge is 0.347 e. The van der Waals surface area contributed by atoms with Gasteiger partial charge < -0.3 is 18.9 Å². The van der Waals surface area contributed by atoms with Crippen LogP contribution in [0, 0.1) is 5.92 Å². The fourth-order valence-corrected chi connectivity index (χ4v) is 4.76. The Kier molecular flexibility index (Phi) is 6.09. The zero-order chi connectivity index (χ0) is 20.3. The Balaban J connectivity index is 1.63. The van der Waals surface area contributed by atoms with Crippen LogP contribution in [0.1, 0.15) is 19.3 Å². The van der Waals surface area contributed by atoms with E-state index in [1.165, 1.54) is 36.7 Å². The first-order valence-corrected chi connectivity index (χ1v) is 10.4. The van der Waals surface area contributed by atoms with Crippen molar-refractivity contribution >= 4 is 22.0 Å². The third kappa shape index (κ3) is 4.07. The van der Waals surface area contributed by atoms with E-state index in [1.807, 2.05) is 0 Å². The summed E-state index contributed by atoms with van der Waals surface area (Å²) in [5.74, 6) is -0.682. The number of rotatable bonds is 6. The number of carbonyl (C=O) groups excluding carboxylic acids is 2. The van der Waals surface area contributed by atoms with Crippen molar-refractivity contribution in [2.24, 2.45) is 5.92 Å². The predicted octanol–water partition coefficient (Wildman–Crippen LogP) is 0.963. The van der Waals surface area contributed by atoms with Crippen LogP contribution in [0.3, 0.4) is 0 Å². The van der Waals surface area contributed by atoms with E-state index in [1.54, 1.807) is 0 Å². The molecular weight excluding hydrogens is 390 g/mol. The van der Waals surface area contributed by atoms with E-state index < -0.39 is 34.0 Å². The van der Waals surface area contributed by atoms with Gasteiger partial charge in [-0.15, -0.1) is 0 Å². The summed E-state index contributed by atoms with van der Waals surface area (Å²) in [4.78, 5) is 23.8. The van der Waals surface area contributed by atoms with Gasteiger partial charge in [0.05, 0.1) is 31.6 Å². The lowest BCUT2D eigenvalue weighted by atomic mass is 9.98. The summed E-state index contributed by atoms with van der Waals surface area (Å²) in [5.41, 5.74) is 0. The van der Waals surface area contributed by atoms with Crippen molar-refractivity contribution in [2.75, 3.05) is 33.9 Å². The monoisotopic (exact) mass is 413 g/mol. The summed E-state index contributed by atoms with van der Waals surface area (Å²) >= 11 is 0. The number of ether oxygens (including phenoxy) is 4. The van der Waals surface area contributed by atoms with Gasteiger partial charge in [0.25, 0.3) is 0 Å². The summed E-state index contributed by atoms with van der Waals surface area (Å²) in [6, 6.07) is 4.42. The molecule has 0 aromatic heterocycles. The third-order valence-electron chi connectivity index (χ3n) is 4.93. The Morgan fingerprint density at radius 2 is 1.79 bits per heavy atom. The third-order valence-corrected chi connectivity index (χ3v) is 6.82. The van der Waals surface area contributed by atoms with Crippen LogP contribution >= 0.6 is 0 Å². The Bertz CT molecular complexity index is 845. The highest BCUT2D eigenvalue weighted by atomic mass is 32.2. The van der Waals surface area contributed by atoms with E-state index in [2.05, 4.69) is 0 Å². The lowest BCUT2D eigenvalue weighted by molar-refractivity contribution is -0.164. The number of carbonyl (C=O) groups is 2. The maximum Gasteiger partial charge on any atom is 0.347 e. The van der Waals surface area contributed by atoms with E-state index >= 15 is 0 Å². The van der Waals surface area contributed by atoms with Gasteiger partial charge in [0, 0.05) is 25.6 Å². The Morgan fingerprint density at radius 3 is 2.36 bits per heavy atom. The van der Waals surface area contributed by atoms with E-state index in [-0.39, 0.29) is 24.6 Å². The van der Waals surface area contributed by atoms with Gasteiger partial charge in [-0.05, 0) is 25.0 Å². The molecule has 2 aliphatic rings. The van der Waals surface area contributed by atoms with E-state index in [4.69, 9.17) is 18.9 Å². The lowest BCUT2D eigenvalue weighted by Crippen LogP contribution is -2.41. The van der Waals surface area contributed by atoms with Crippen molar-refractivity contribution in [3.63, 3.8) is 0 Å². The Hall–Kier alpha value is -2.33. The quantitative estimate of drug-likeness (QED) is 0.635. The molecule has 28 heavy (non-hydrogen) atoms. The zero-order valence-electron chi connectivity index (χ0n) is 15.8. The molecular formula is C18H23NO8S. The number of methoxy groups -OCH3 is 2. The lowest BCUT2D eigenvalue weighted by Gasteiger charge is -2.30. The van der Waals surface area contributed by atoms with Gasteiger partial charge in [0.1, 0.15) is 0 Å². The number of esters is 2. The van der Waals surface area contributed by atoms with Crippen molar-refractivity contribution in [3.05, 3.63) is 18.2 Å². The maximum atomic E-state index is 12.9. The highest BCUT2D eigenvalue weighted by molar-refractivity contribution is 7.89. The van der Waals surface area contributed by atoms with Crippen LogP contribution in [0.25, 0.3) is 0 Å². The second-order valence-electron chi connectivity index (χ2n) is 6.58. The molecule has 9 nitrogen and oxygen atoms in total. The first kappa shape index (κ1) is 20.4. The van der Waals surface area contributed by atoms with E-state index in [9.17, 15) is 18.0 Å². The fraction of sp³-hybridized carbons (Fsp3) is 0.556. The number of nitrogens with zero attached hydrogens (tertiary/aromatic N) is 1. The highest BCUT2D eigenvalue weighted by Crippen LogP contribution is 2.32. The summed E-state index contributed by atoms with van der Waals surface area (Å²) in [6.07, 6.45) is 0.165. The van der Waals surface area contributed by atoms with Crippen LogP contribution < -0.4 is 9.47 Å². The molecule has 2 heterocycles. The zero-order valence-corrected chi connectivity index (χ0v) is 16.6. The molecule has 0 unspecified atom stereocenters. The number of piperidine rings is 1. The number of hydrogen-bond donors (Lipinski definition) is 0. The van der Waals surface area contributed by atoms with Gasteiger partial charge in [0.15, 0.2) is 11.5 Å². The van der Waals surface area contributed by atoms with E-state index in [0.717, 1.165) is 0 Å². The van der Waals surface area contributed by atoms with Crippen LogP contribution in [0.2, 0.25) is 0 Å². The molecule has 0 aliphatic carbocycles. The molecule has 10 heteroatoms. The molecule has 0 spiro atoms. The molecule has 1 aromatic carbocycles. The van der Waals surface area contributed by atoms with Crippen molar-refractivity contribution in [2.45, 2.75) is 30.3 Å². The minimum absolute atomic E-state index is 0.0971. The maximum absolute atomic E-state index is 12.9. The summed E-state index contributed by atoms with van der Waals surface area (Å²) in [6.45, 7) is 0.621. The molecule has 1 atom stereocenters. The van der Waals surface area contributed by atoms with Crippen LogP contribution in [0.15, 0.2) is 23.1 Å². The summed E-state index contributed by atoms with van der Waals surface area (Å²) < 4.78 is 47.4. The normalized spacial score (nSPS) is 21.2. The first-order valence-electron chi connectivity index (χ1n) is 8.96. The van der Waals surface area contributed by atoms with Gasteiger partial charge in [-0.25, -0.2) is 13.2 Å². The molecule has 2 fully saturated rings. The average molecular weight is 413 g/mol. The van der Waals surface area contributed by atoms with Crippen LogP contribution in [0.5, 0.6) is 11.5 Å². The number of hydrogen-bond acceptors (Lipinski definition) is 8. The molecule has 0 amide bonds. The van der Waals surface area contributed by atoms with Gasteiger partial charge in [-0.2, -0.15) is 4.31 Å². The fourth-order valence-electron chi connectivity index (χ4n) is 3.28. The minimum atomic E-state index is -3.73. The molecule has 0 radical (unpaired) electrons. The average Bonchev–Trinajstić information content (AvgIpc) is 3.11.